The summed E-state index contributed by atoms with van der Waals surface area (Å²) in [7, 11) is -3.27. The van der Waals surface area contributed by atoms with Gasteiger partial charge in [0.25, 0.3) is 0 Å². The number of hydrogen-bond acceptors (Lipinski definition) is 4. The van der Waals surface area contributed by atoms with Gasteiger partial charge >= 0.3 is 0 Å². The molecule has 0 radical (unpaired) electrons. The summed E-state index contributed by atoms with van der Waals surface area (Å²) in [5.74, 6) is -0.235. The number of hydrogen-bond donors (Lipinski definition) is 0. The van der Waals surface area contributed by atoms with Gasteiger partial charge in [-0.15, -0.1) is 0 Å². The Hall–Kier alpha value is -1.38. The van der Waals surface area contributed by atoms with Gasteiger partial charge < -0.3 is 4.74 Å². The third-order valence-electron chi connectivity index (χ3n) is 3.96. The van der Waals surface area contributed by atoms with E-state index < -0.39 is 20.5 Å². The summed E-state index contributed by atoms with van der Waals surface area (Å²) < 4.78 is 29.9. The monoisotopic (exact) mass is 293 g/mol. The first-order valence-electron chi connectivity index (χ1n) is 6.79. The number of sulfone groups is 1. The zero-order valence-electron chi connectivity index (χ0n) is 11.7. The second-order valence-electron chi connectivity index (χ2n) is 5.05. The van der Waals surface area contributed by atoms with E-state index in [0.29, 0.717) is 6.61 Å². The first-order valence-corrected chi connectivity index (χ1v) is 8.50. The van der Waals surface area contributed by atoms with Crippen molar-refractivity contribution in [3.05, 3.63) is 35.9 Å². The lowest BCUT2D eigenvalue weighted by atomic mass is 10.0. The standard InChI is InChI=1S/C15H19NO3S/c1-3-19-11-15(10-16)13(12-8-6-5-7-9-12)14(15)20(17,18)4-2/h5-9,13-14H,3-4,11H2,1-2H3/t13-,14+,15-/m1/s1. The first-order chi connectivity index (χ1) is 9.53. The van der Waals surface area contributed by atoms with E-state index in [-0.39, 0.29) is 18.3 Å². The minimum atomic E-state index is -3.27. The van der Waals surface area contributed by atoms with Gasteiger partial charge in [-0.1, -0.05) is 37.3 Å². The summed E-state index contributed by atoms with van der Waals surface area (Å²) in [5.41, 5.74) is -0.0394. The molecular weight excluding hydrogens is 274 g/mol. The molecule has 1 aliphatic rings. The Morgan fingerprint density at radius 2 is 1.95 bits per heavy atom. The van der Waals surface area contributed by atoms with E-state index in [1.54, 1.807) is 6.92 Å². The maximum atomic E-state index is 12.3. The Morgan fingerprint density at radius 3 is 2.45 bits per heavy atom. The minimum Gasteiger partial charge on any atom is -0.380 e. The van der Waals surface area contributed by atoms with Crippen molar-refractivity contribution in [1.82, 2.24) is 0 Å². The van der Waals surface area contributed by atoms with Crippen molar-refractivity contribution >= 4 is 9.84 Å². The lowest BCUT2D eigenvalue weighted by Gasteiger charge is -2.09. The van der Waals surface area contributed by atoms with Crippen molar-refractivity contribution in [1.29, 1.82) is 5.26 Å². The molecule has 1 aliphatic carbocycles. The van der Waals surface area contributed by atoms with Gasteiger partial charge in [-0.05, 0) is 12.5 Å². The van der Waals surface area contributed by atoms with Crippen LogP contribution < -0.4 is 0 Å². The van der Waals surface area contributed by atoms with Crippen LogP contribution in [0.1, 0.15) is 25.3 Å². The van der Waals surface area contributed by atoms with Gasteiger partial charge in [0.2, 0.25) is 0 Å². The fourth-order valence-electron chi connectivity index (χ4n) is 2.85. The van der Waals surface area contributed by atoms with E-state index in [0.717, 1.165) is 5.56 Å². The van der Waals surface area contributed by atoms with Gasteiger partial charge in [0, 0.05) is 18.3 Å². The minimum absolute atomic E-state index is 0.0521. The van der Waals surface area contributed by atoms with Gasteiger partial charge in [0.05, 0.1) is 17.9 Å². The Balaban J connectivity index is 2.41. The highest BCUT2D eigenvalue weighted by atomic mass is 32.2. The van der Waals surface area contributed by atoms with Crippen LogP contribution in [-0.2, 0) is 14.6 Å². The predicted octanol–water partition coefficient (Wildman–Crippen LogP) is 2.13. The number of rotatable bonds is 6. The summed E-state index contributed by atoms with van der Waals surface area (Å²) in [5, 5.41) is 8.90. The molecule has 1 aromatic rings. The van der Waals surface area contributed by atoms with Crippen molar-refractivity contribution in [2.75, 3.05) is 19.0 Å². The molecule has 0 amide bonds. The topological polar surface area (TPSA) is 67.2 Å². The molecule has 0 bridgehead atoms. The Labute approximate surface area is 120 Å². The van der Waals surface area contributed by atoms with Crippen LogP contribution in [0.25, 0.3) is 0 Å². The van der Waals surface area contributed by atoms with Crippen molar-refractivity contribution in [3.63, 3.8) is 0 Å². The fraction of sp³-hybridized carbons (Fsp3) is 0.533. The maximum absolute atomic E-state index is 12.3. The molecule has 3 atom stereocenters. The number of nitriles is 1. The summed E-state index contributed by atoms with van der Waals surface area (Å²) in [6, 6.07) is 11.6. The normalized spacial score (nSPS) is 28.9. The second-order valence-corrected chi connectivity index (χ2v) is 7.46. The SMILES string of the molecule is CCOC[C@]1(C#N)[C@H](c2ccccc2)[C@@H]1S(=O)(=O)CC. The largest absolute Gasteiger partial charge is 0.380 e. The molecule has 5 heteroatoms. The van der Waals surface area contributed by atoms with Crippen LogP contribution in [0.2, 0.25) is 0 Å². The molecular formula is C15H19NO3S. The van der Waals surface area contributed by atoms with Crippen LogP contribution >= 0.6 is 0 Å². The molecule has 20 heavy (non-hydrogen) atoms. The quantitative estimate of drug-likeness (QED) is 0.806. The lowest BCUT2D eigenvalue weighted by molar-refractivity contribution is 0.117. The Morgan fingerprint density at radius 1 is 1.30 bits per heavy atom. The van der Waals surface area contributed by atoms with E-state index in [2.05, 4.69) is 6.07 Å². The number of nitrogens with zero attached hydrogens (tertiary/aromatic N) is 1. The molecule has 0 unspecified atom stereocenters. The van der Waals surface area contributed by atoms with Gasteiger partial charge in [-0.3, -0.25) is 0 Å². The average Bonchev–Trinajstić information content (AvgIpc) is 3.16. The molecule has 0 saturated heterocycles. The van der Waals surface area contributed by atoms with Gasteiger partial charge in [0.1, 0.15) is 5.41 Å². The van der Waals surface area contributed by atoms with Crippen molar-refractivity contribution in [3.8, 4) is 6.07 Å². The number of ether oxygens (including phenoxy) is 1. The van der Waals surface area contributed by atoms with Crippen LogP contribution in [0, 0.1) is 16.7 Å². The summed E-state index contributed by atoms with van der Waals surface area (Å²) in [6.07, 6.45) is 0. The summed E-state index contributed by atoms with van der Waals surface area (Å²) in [6.45, 7) is 4.11. The van der Waals surface area contributed by atoms with E-state index in [4.69, 9.17) is 4.74 Å². The van der Waals surface area contributed by atoms with E-state index in [9.17, 15) is 13.7 Å². The van der Waals surface area contributed by atoms with Crippen LogP contribution in [0.5, 0.6) is 0 Å². The molecule has 1 saturated carbocycles. The highest BCUT2D eigenvalue weighted by Crippen LogP contribution is 2.62. The van der Waals surface area contributed by atoms with Gasteiger partial charge in [-0.25, -0.2) is 8.42 Å². The van der Waals surface area contributed by atoms with Crippen molar-refractivity contribution < 1.29 is 13.2 Å². The summed E-state index contributed by atoms with van der Waals surface area (Å²) >= 11 is 0. The molecule has 0 N–H and O–H groups in total. The molecule has 0 heterocycles. The van der Waals surface area contributed by atoms with Crippen LogP contribution in [-0.4, -0.2) is 32.6 Å². The smallest absolute Gasteiger partial charge is 0.155 e. The van der Waals surface area contributed by atoms with Crippen LogP contribution in [0.4, 0.5) is 0 Å². The Bertz CT molecular complexity index is 606. The third-order valence-corrected chi connectivity index (χ3v) is 6.23. The van der Waals surface area contributed by atoms with E-state index in [1.807, 2.05) is 37.3 Å². The highest BCUT2D eigenvalue weighted by Gasteiger charge is 2.71. The predicted molar refractivity (Wildman–Crippen MR) is 77.0 cm³/mol. The zero-order chi connectivity index (χ0) is 14.8. The fourth-order valence-corrected chi connectivity index (χ4v) is 4.86. The zero-order valence-corrected chi connectivity index (χ0v) is 12.6. The summed E-state index contributed by atoms with van der Waals surface area (Å²) in [4.78, 5) is 0. The average molecular weight is 293 g/mol. The van der Waals surface area contributed by atoms with Crippen molar-refractivity contribution in [2.24, 2.45) is 5.41 Å². The molecule has 108 valence electrons. The third kappa shape index (κ3) is 2.34. The number of benzene rings is 1. The first kappa shape index (κ1) is 15.0. The molecule has 0 aliphatic heterocycles. The molecule has 1 fully saturated rings. The second kappa shape index (κ2) is 5.55. The molecule has 1 aromatic carbocycles. The van der Waals surface area contributed by atoms with Gasteiger partial charge in [0.15, 0.2) is 9.84 Å². The van der Waals surface area contributed by atoms with Gasteiger partial charge in [-0.2, -0.15) is 5.26 Å². The van der Waals surface area contributed by atoms with Crippen molar-refractivity contribution in [2.45, 2.75) is 25.0 Å². The molecule has 0 aromatic heterocycles. The molecule has 0 spiro atoms. The molecule has 4 nitrogen and oxygen atoms in total. The van der Waals surface area contributed by atoms with Crippen LogP contribution in [0.3, 0.4) is 0 Å². The highest BCUT2D eigenvalue weighted by molar-refractivity contribution is 7.92. The van der Waals surface area contributed by atoms with Crippen LogP contribution in [0.15, 0.2) is 30.3 Å². The van der Waals surface area contributed by atoms with E-state index >= 15 is 0 Å². The van der Waals surface area contributed by atoms with E-state index in [1.165, 1.54) is 0 Å². The molecule has 2 rings (SSSR count). The maximum Gasteiger partial charge on any atom is 0.155 e. The Kier molecular flexibility index (Phi) is 4.17. The lowest BCUT2D eigenvalue weighted by Crippen LogP contribution is -2.20.